The van der Waals surface area contributed by atoms with Crippen LogP contribution < -0.4 is 21.3 Å². The molecule has 0 unspecified atom stereocenters. The average molecular weight is 378 g/mol. The van der Waals surface area contributed by atoms with Crippen LogP contribution in [0.25, 0.3) is 5.69 Å². The van der Waals surface area contributed by atoms with Gasteiger partial charge in [-0.25, -0.2) is 9.36 Å². The van der Waals surface area contributed by atoms with Gasteiger partial charge in [0.2, 0.25) is 0 Å². The van der Waals surface area contributed by atoms with E-state index in [9.17, 15) is 9.59 Å². The fraction of sp³-hybridized carbons (Fsp3) is 0.238. The second-order valence-electron chi connectivity index (χ2n) is 6.74. The number of nitrogens with zero attached hydrogens (tertiary/aromatic N) is 2. The van der Waals surface area contributed by atoms with E-state index in [0.717, 1.165) is 13.0 Å². The van der Waals surface area contributed by atoms with E-state index in [1.54, 1.807) is 31.4 Å². The Kier molecular flexibility index (Phi) is 4.99. The van der Waals surface area contributed by atoms with E-state index < -0.39 is 5.69 Å². The Bertz CT molecular complexity index is 1070. The fourth-order valence-corrected chi connectivity index (χ4v) is 3.44. The maximum Gasteiger partial charge on any atom is 0.334 e. The van der Waals surface area contributed by atoms with Crippen LogP contribution in [0.2, 0.25) is 0 Å². The summed E-state index contributed by atoms with van der Waals surface area (Å²) in [6.07, 6.45) is 0.897. The molecule has 7 heteroatoms. The van der Waals surface area contributed by atoms with Crippen molar-refractivity contribution in [2.75, 3.05) is 25.6 Å². The van der Waals surface area contributed by atoms with Crippen LogP contribution in [0.15, 0.2) is 64.2 Å². The highest BCUT2D eigenvalue weighted by molar-refractivity contribution is 5.52. The highest BCUT2D eigenvalue weighted by Crippen LogP contribution is 2.22. The number of hydrogen-bond acceptors (Lipinski definition) is 5. The smallest absolute Gasteiger partial charge is 0.334 e. The number of methoxy groups -OCH3 is 1. The van der Waals surface area contributed by atoms with Gasteiger partial charge in [0.1, 0.15) is 11.6 Å². The van der Waals surface area contributed by atoms with Crippen molar-refractivity contribution in [3.63, 3.8) is 0 Å². The van der Waals surface area contributed by atoms with E-state index in [1.165, 1.54) is 10.1 Å². The van der Waals surface area contributed by atoms with E-state index in [1.807, 2.05) is 18.2 Å². The molecule has 0 atom stereocenters. The maximum absolute atomic E-state index is 12.5. The van der Waals surface area contributed by atoms with Crippen molar-refractivity contribution in [2.45, 2.75) is 13.0 Å². The molecular weight excluding hydrogens is 356 g/mol. The Labute approximate surface area is 162 Å². The third-order valence-corrected chi connectivity index (χ3v) is 4.95. The van der Waals surface area contributed by atoms with Crippen molar-refractivity contribution in [3.05, 3.63) is 86.6 Å². The highest BCUT2D eigenvalue weighted by Gasteiger charge is 2.23. The summed E-state index contributed by atoms with van der Waals surface area (Å²) >= 11 is 0. The van der Waals surface area contributed by atoms with E-state index in [2.05, 4.69) is 27.3 Å². The molecule has 0 spiro atoms. The van der Waals surface area contributed by atoms with Crippen molar-refractivity contribution in [1.29, 1.82) is 0 Å². The first kappa shape index (κ1) is 18.1. The van der Waals surface area contributed by atoms with E-state index in [0.29, 0.717) is 36.0 Å². The lowest BCUT2D eigenvalue weighted by Gasteiger charge is -2.30. The van der Waals surface area contributed by atoms with Crippen LogP contribution in [0.3, 0.4) is 0 Å². The summed E-state index contributed by atoms with van der Waals surface area (Å²) in [5.41, 5.74) is 1.68. The summed E-state index contributed by atoms with van der Waals surface area (Å²) < 4.78 is 6.68. The molecular formula is C21H22N4O3. The summed E-state index contributed by atoms with van der Waals surface area (Å²) in [7, 11) is 1.59. The first-order chi connectivity index (χ1) is 13.7. The van der Waals surface area contributed by atoms with Gasteiger partial charge in [0.05, 0.1) is 25.0 Å². The molecule has 0 saturated heterocycles. The molecule has 0 aliphatic carbocycles. The number of aromatic amines is 1. The Morgan fingerprint density at radius 2 is 1.79 bits per heavy atom. The summed E-state index contributed by atoms with van der Waals surface area (Å²) in [4.78, 5) is 29.5. The summed E-state index contributed by atoms with van der Waals surface area (Å²) in [6.45, 7) is 1.87. The lowest BCUT2D eigenvalue weighted by atomic mass is 10.1. The lowest BCUT2D eigenvalue weighted by Crippen LogP contribution is -2.43. The molecule has 0 amide bonds. The van der Waals surface area contributed by atoms with E-state index >= 15 is 0 Å². The largest absolute Gasteiger partial charge is 0.497 e. The molecule has 28 heavy (non-hydrogen) atoms. The zero-order valence-corrected chi connectivity index (χ0v) is 15.6. The van der Waals surface area contributed by atoms with Gasteiger partial charge >= 0.3 is 5.69 Å². The topological polar surface area (TPSA) is 79.4 Å². The Morgan fingerprint density at radius 1 is 1.04 bits per heavy atom. The molecule has 7 nitrogen and oxygen atoms in total. The molecule has 2 aromatic carbocycles. The van der Waals surface area contributed by atoms with E-state index in [4.69, 9.17) is 4.74 Å². The molecule has 144 valence electrons. The molecule has 0 saturated carbocycles. The molecule has 4 rings (SSSR count). The van der Waals surface area contributed by atoms with Gasteiger partial charge in [0.25, 0.3) is 5.56 Å². The predicted molar refractivity (Wildman–Crippen MR) is 108 cm³/mol. The predicted octanol–water partition coefficient (Wildman–Crippen LogP) is 1.96. The number of H-pyrrole nitrogens is 1. The Hall–Kier alpha value is -3.32. The summed E-state index contributed by atoms with van der Waals surface area (Å²) in [5, 5.41) is 3.26. The van der Waals surface area contributed by atoms with Gasteiger partial charge in [-0.3, -0.25) is 14.7 Å². The first-order valence-electron chi connectivity index (χ1n) is 9.18. The van der Waals surface area contributed by atoms with Gasteiger partial charge in [0, 0.05) is 13.1 Å². The Balaban J connectivity index is 1.61. The van der Waals surface area contributed by atoms with E-state index in [-0.39, 0.29) is 5.56 Å². The maximum atomic E-state index is 12.5. The van der Waals surface area contributed by atoms with Gasteiger partial charge < -0.3 is 10.1 Å². The van der Waals surface area contributed by atoms with Crippen molar-refractivity contribution >= 4 is 5.82 Å². The van der Waals surface area contributed by atoms with Crippen LogP contribution in [0, 0.1) is 0 Å². The number of rotatable bonds is 5. The number of benzene rings is 2. The monoisotopic (exact) mass is 378 g/mol. The minimum atomic E-state index is -0.459. The molecule has 2 N–H and O–H groups in total. The van der Waals surface area contributed by atoms with Gasteiger partial charge in [-0.2, -0.15) is 0 Å². The molecule has 2 heterocycles. The number of hydrogen-bond donors (Lipinski definition) is 2. The quantitative estimate of drug-likeness (QED) is 0.710. The third kappa shape index (κ3) is 3.57. The standard InChI is InChI=1S/C21H22N4O3/c1-28-17-9-7-16(8-10-17)25-19-18(20(26)23-21(25)27)13-24(14-22-19)12-11-15-5-3-2-4-6-15/h2-10,22H,11-14H2,1H3,(H,23,26,27). The highest BCUT2D eigenvalue weighted by atomic mass is 16.5. The molecule has 1 aliphatic heterocycles. The minimum absolute atomic E-state index is 0.346. The summed E-state index contributed by atoms with van der Waals surface area (Å²) in [5.74, 6) is 1.25. The molecule has 0 fully saturated rings. The molecule has 0 radical (unpaired) electrons. The van der Waals surface area contributed by atoms with Gasteiger partial charge in [0.15, 0.2) is 0 Å². The van der Waals surface area contributed by atoms with Gasteiger partial charge in [-0.1, -0.05) is 30.3 Å². The SMILES string of the molecule is COc1ccc(-n2c3c(c(=O)[nH]c2=O)CN(CCc2ccccc2)CN3)cc1. The normalized spacial score (nSPS) is 13.6. The molecule has 1 aromatic heterocycles. The Morgan fingerprint density at radius 3 is 2.50 bits per heavy atom. The number of nitrogens with one attached hydrogen (secondary N) is 2. The number of fused-ring (bicyclic) bond motifs is 1. The van der Waals surface area contributed by atoms with Crippen molar-refractivity contribution in [2.24, 2.45) is 0 Å². The zero-order valence-electron chi connectivity index (χ0n) is 15.6. The minimum Gasteiger partial charge on any atom is -0.497 e. The van der Waals surface area contributed by atoms with Crippen LogP contribution in [0.1, 0.15) is 11.1 Å². The van der Waals surface area contributed by atoms with Crippen molar-refractivity contribution in [1.82, 2.24) is 14.5 Å². The third-order valence-electron chi connectivity index (χ3n) is 4.95. The van der Waals surface area contributed by atoms with Gasteiger partial charge in [-0.15, -0.1) is 0 Å². The molecule has 3 aromatic rings. The fourth-order valence-electron chi connectivity index (χ4n) is 3.44. The number of ether oxygens (including phenoxy) is 1. The van der Waals surface area contributed by atoms with Crippen LogP contribution in [0.5, 0.6) is 5.75 Å². The lowest BCUT2D eigenvalue weighted by molar-refractivity contribution is 0.275. The van der Waals surface area contributed by atoms with Crippen LogP contribution in [0.4, 0.5) is 5.82 Å². The van der Waals surface area contributed by atoms with Crippen LogP contribution >= 0.6 is 0 Å². The summed E-state index contributed by atoms with van der Waals surface area (Å²) in [6, 6.07) is 17.4. The zero-order chi connectivity index (χ0) is 19.5. The second-order valence-corrected chi connectivity index (χ2v) is 6.74. The van der Waals surface area contributed by atoms with Crippen LogP contribution in [-0.4, -0.2) is 34.8 Å². The van der Waals surface area contributed by atoms with Crippen molar-refractivity contribution in [3.8, 4) is 11.4 Å². The average Bonchev–Trinajstić information content (AvgIpc) is 2.73. The van der Waals surface area contributed by atoms with Gasteiger partial charge in [-0.05, 0) is 36.2 Å². The molecule has 1 aliphatic rings. The van der Waals surface area contributed by atoms with Crippen LogP contribution in [-0.2, 0) is 13.0 Å². The second kappa shape index (κ2) is 7.74. The number of aromatic nitrogens is 2. The molecule has 0 bridgehead atoms. The first-order valence-corrected chi connectivity index (χ1v) is 9.18. The number of anilines is 1. The van der Waals surface area contributed by atoms with Crippen molar-refractivity contribution < 1.29 is 4.74 Å².